The third-order valence-corrected chi connectivity index (χ3v) is 4.39. The molecule has 0 saturated heterocycles. The van der Waals surface area contributed by atoms with Crippen LogP contribution in [0, 0.1) is 26.7 Å². The first kappa shape index (κ1) is 13.5. The number of nitrogens with one attached hydrogen (secondary N) is 1. The summed E-state index contributed by atoms with van der Waals surface area (Å²) in [5.74, 6) is 0.933. The molecule has 0 aliphatic heterocycles. The van der Waals surface area contributed by atoms with Gasteiger partial charge in [0.2, 0.25) is 0 Å². The Bertz CT molecular complexity index is 385. The predicted molar refractivity (Wildman–Crippen MR) is 80.3 cm³/mol. The SMILES string of the molecule is CCC1CCCC(Nc2c(C)cc(C)cc2C)C1. The molecule has 1 aromatic rings. The number of benzene rings is 1. The summed E-state index contributed by atoms with van der Waals surface area (Å²) in [7, 11) is 0. The zero-order valence-corrected chi connectivity index (χ0v) is 12.3. The molecule has 0 bridgehead atoms. The Morgan fingerprint density at radius 2 is 1.78 bits per heavy atom. The average molecular weight is 245 g/mol. The first-order valence-electron chi connectivity index (χ1n) is 7.44. The van der Waals surface area contributed by atoms with E-state index in [1.165, 1.54) is 54.5 Å². The molecule has 1 fully saturated rings. The third-order valence-electron chi connectivity index (χ3n) is 4.39. The normalized spacial score (nSPS) is 24.0. The molecular weight excluding hydrogens is 218 g/mol. The predicted octanol–water partition coefficient (Wildman–Crippen LogP) is 4.99. The highest BCUT2D eigenvalue weighted by Gasteiger charge is 2.21. The third kappa shape index (κ3) is 3.07. The Kier molecular flexibility index (Phi) is 4.31. The molecule has 0 radical (unpaired) electrons. The molecule has 1 heteroatoms. The van der Waals surface area contributed by atoms with Crippen LogP contribution in [-0.2, 0) is 0 Å². The summed E-state index contributed by atoms with van der Waals surface area (Å²) in [6, 6.07) is 5.26. The zero-order chi connectivity index (χ0) is 13.1. The van der Waals surface area contributed by atoms with Gasteiger partial charge in [0.05, 0.1) is 0 Å². The van der Waals surface area contributed by atoms with Crippen molar-refractivity contribution in [1.29, 1.82) is 0 Å². The van der Waals surface area contributed by atoms with E-state index in [-0.39, 0.29) is 0 Å². The van der Waals surface area contributed by atoms with Crippen molar-refractivity contribution in [2.45, 2.75) is 65.8 Å². The Labute approximate surface area is 112 Å². The maximum Gasteiger partial charge on any atom is 0.0401 e. The molecule has 0 heterocycles. The van der Waals surface area contributed by atoms with Crippen LogP contribution in [0.4, 0.5) is 5.69 Å². The minimum Gasteiger partial charge on any atom is -0.382 e. The number of hydrogen-bond donors (Lipinski definition) is 1. The van der Waals surface area contributed by atoms with Crippen LogP contribution in [0.2, 0.25) is 0 Å². The number of anilines is 1. The highest BCUT2D eigenvalue weighted by Crippen LogP contribution is 2.31. The van der Waals surface area contributed by atoms with E-state index in [0.717, 1.165) is 5.92 Å². The first-order valence-corrected chi connectivity index (χ1v) is 7.44. The molecule has 1 aromatic carbocycles. The van der Waals surface area contributed by atoms with E-state index in [4.69, 9.17) is 0 Å². The van der Waals surface area contributed by atoms with Crippen molar-refractivity contribution >= 4 is 5.69 Å². The molecule has 100 valence electrons. The molecule has 18 heavy (non-hydrogen) atoms. The van der Waals surface area contributed by atoms with Crippen LogP contribution in [0.15, 0.2) is 12.1 Å². The van der Waals surface area contributed by atoms with Gasteiger partial charge in [-0.05, 0) is 50.7 Å². The maximum absolute atomic E-state index is 3.81. The van der Waals surface area contributed by atoms with Crippen molar-refractivity contribution in [3.63, 3.8) is 0 Å². The van der Waals surface area contributed by atoms with E-state index in [2.05, 4.69) is 45.1 Å². The lowest BCUT2D eigenvalue weighted by molar-refractivity contribution is 0.327. The van der Waals surface area contributed by atoms with E-state index >= 15 is 0 Å². The van der Waals surface area contributed by atoms with E-state index in [1.807, 2.05) is 0 Å². The van der Waals surface area contributed by atoms with E-state index in [0.29, 0.717) is 6.04 Å². The Morgan fingerprint density at radius 1 is 1.11 bits per heavy atom. The highest BCUT2D eigenvalue weighted by atomic mass is 14.9. The van der Waals surface area contributed by atoms with Gasteiger partial charge in [-0.25, -0.2) is 0 Å². The zero-order valence-electron chi connectivity index (χ0n) is 12.3. The van der Waals surface area contributed by atoms with Gasteiger partial charge in [0.25, 0.3) is 0 Å². The summed E-state index contributed by atoms with van der Waals surface area (Å²) in [4.78, 5) is 0. The quantitative estimate of drug-likeness (QED) is 0.791. The molecule has 1 aliphatic carbocycles. The highest BCUT2D eigenvalue weighted by molar-refractivity contribution is 5.58. The lowest BCUT2D eigenvalue weighted by Gasteiger charge is -2.31. The Hall–Kier alpha value is -0.980. The van der Waals surface area contributed by atoms with Gasteiger partial charge >= 0.3 is 0 Å². The summed E-state index contributed by atoms with van der Waals surface area (Å²) in [5, 5.41) is 3.81. The number of hydrogen-bond acceptors (Lipinski definition) is 1. The molecule has 2 unspecified atom stereocenters. The fourth-order valence-corrected chi connectivity index (χ4v) is 3.40. The van der Waals surface area contributed by atoms with Crippen LogP contribution in [0.1, 0.15) is 55.7 Å². The molecule has 1 saturated carbocycles. The van der Waals surface area contributed by atoms with Gasteiger partial charge in [-0.15, -0.1) is 0 Å². The lowest BCUT2D eigenvalue weighted by Crippen LogP contribution is -2.27. The topological polar surface area (TPSA) is 12.0 Å². The van der Waals surface area contributed by atoms with Crippen LogP contribution in [0.3, 0.4) is 0 Å². The maximum atomic E-state index is 3.81. The van der Waals surface area contributed by atoms with E-state index in [1.54, 1.807) is 0 Å². The summed E-state index contributed by atoms with van der Waals surface area (Å²) in [5.41, 5.74) is 5.53. The van der Waals surface area contributed by atoms with Crippen molar-refractivity contribution < 1.29 is 0 Å². The molecule has 2 atom stereocenters. The molecule has 0 amide bonds. The van der Waals surface area contributed by atoms with Crippen LogP contribution >= 0.6 is 0 Å². The van der Waals surface area contributed by atoms with Gasteiger partial charge < -0.3 is 5.32 Å². The minimum absolute atomic E-state index is 0.684. The van der Waals surface area contributed by atoms with Gasteiger partial charge in [0.1, 0.15) is 0 Å². The standard InChI is InChI=1S/C17H27N/c1-5-15-7-6-8-16(11-15)18-17-13(3)9-12(2)10-14(17)4/h9-10,15-16,18H,5-8,11H2,1-4H3. The largest absolute Gasteiger partial charge is 0.382 e. The van der Waals surface area contributed by atoms with Crippen LogP contribution < -0.4 is 5.32 Å². The Morgan fingerprint density at radius 3 is 2.39 bits per heavy atom. The monoisotopic (exact) mass is 245 g/mol. The van der Waals surface area contributed by atoms with Crippen LogP contribution in [0.5, 0.6) is 0 Å². The summed E-state index contributed by atoms with van der Waals surface area (Å²) in [6.45, 7) is 8.96. The first-order chi connectivity index (χ1) is 8.60. The van der Waals surface area contributed by atoms with Gasteiger partial charge in [0, 0.05) is 11.7 Å². The Balaban J connectivity index is 2.09. The molecule has 1 N–H and O–H groups in total. The fourth-order valence-electron chi connectivity index (χ4n) is 3.40. The second kappa shape index (κ2) is 5.77. The second-order valence-corrected chi connectivity index (χ2v) is 6.06. The van der Waals surface area contributed by atoms with Crippen molar-refractivity contribution in [3.05, 3.63) is 28.8 Å². The van der Waals surface area contributed by atoms with Gasteiger partial charge in [-0.2, -0.15) is 0 Å². The van der Waals surface area contributed by atoms with Crippen molar-refractivity contribution in [2.24, 2.45) is 5.92 Å². The minimum atomic E-state index is 0.684. The molecule has 1 nitrogen and oxygen atoms in total. The van der Waals surface area contributed by atoms with Crippen molar-refractivity contribution in [3.8, 4) is 0 Å². The van der Waals surface area contributed by atoms with Crippen LogP contribution in [-0.4, -0.2) is 6.04 Å². The summed E-state index contributed by atoms with van der Waals surface area (Å²) < 4.78 is 0. The fraction of sp³-hybridized carbons (Fsp3) is 0.647. The molecule has 0 spiro atoms. The lowest BCUT2D eigenvalue weighted by atomic mass is 9.84. The number of rotatable bonds is 3. The summed E-state index contributed by atoms with van der Waals surface area (Å²) in [6.07, 6.45) is 6.84. The summed E-state index contributed by atoms with van der Waals surface area (Å²) >= 11 is 0. The molecular formula is C17H27N. The van der Waals surface area contributed by atoms with E-state index in [9.17, 15) is 0 Å². The van der Waals surface area contributed by atoms with Gasteiger partial charge in [-0.1, -0.05) is 43.9 Å². The van der Waals surface area contributed by atoms with Crippen LogP contribution in [0.25, 0.3) is 0 Å². The molecule has 1 aliphatic rings. The molecule has 0 aromatic heterocycles. The average Bonchev–Trinajstić information content (AvgIpc) is 2.34. The van der Waals surface area contributed by atoms with Crippen molar-refractivity contribution in [2.75, 3.05) is 5.32 Å². The van der Waals surface area contributed by atoms with Crippen molar-refractivity contribution in [1.82, 2.24) is 0 Å². The van der Waals surface area contributed by atoms with E-state index < -0.39 is 0 Å². The number of aryl methyl sites for hydroxylation is 3. The molecule has 2 rings (SSSR count). The smallest absolute Gasteiger partial charge is 0.0401 e. The van der Waals surface area contributed by atoms with Gasteiger partial charge in [0.15, 0.2) is 0 Å². The van der Waals surface area contributed by atoms with Gasteiger partial charge in [-0.3, -0.25) is 0 Å². The second-order valence-electron chi connectivity index (χ2n) is 6.06.